The Labute approximate surface area is 152 Å². The summed E-state index contributed by atoms with van der Waals surface area (Å²) in [5.74, 6) is -1.45. The standard InChI is InChI=1S/C18H17ClN2O3S/c1-13(16-4-2-3-5-17(16)19)21-18(22)12-25(23,24)11-15-8-6-14(10-20)7-9-15/h2-9,13H,11-12H2,1H3,(H,21,22). The number of carbonyl (C=O) groups excluding carboxylic acids is 1. The Hall–Kier alpha value is -2.36. The second kappa shape index (κ2) is 8.15. The fourth-order valence-electron chi connectivity index (χ4n) is 2.37. The number of carbonyl (C=O) groups is 1. The van der Waals surface area contributed by atoms with E-state index < -0.39 is 27.5 Å². The Kier molecular flexibility index (Phi) is 6.18. The zero-order chi connectivity index (χ0) is 18.4. The van der Waals surface area contributed by atoms with E-state index in [0.29, 0.717) is 16.1 Å². The van der Waals surface area contributed by atoms with Crippen LogP contribution in [0.4, 0.5) is 0 Å². The van der Waals surface area contributed by atoms with Crippen molar-refractivity contribution in [3.63, 3.8) is 0 Å². The molecule has 1 amide bonds. The number of halogens is 1. The van der Waals surface area contributed by atoms with Gasteiger partial charge in [0.1, 0.15) is 5.75 Å². The predicted octanol–water partition coefficient (Wildman–Crippen LogP) is 3.00. The smallest absolute Gasteiger partial charge is 0.235 e. The maximum absolute atomic E-state index is 12.2. The van der Waals surface area contributed by atoms with Gasteiger partial charge in [-0.05, 0) is 36.2 Å². The molecular formula is C18H17ClN2O3S. The average Bonchev–Trinajstić information content (AvgIpc) is 2.54. The van der Waals surface area contributed by atoms with Gasteiger partial charge in [0.25, 0.3) is 0 Å². The third-order valence-electron chi connectivity index (χ3n) is 3.57. The molecule has 1 atom stereocenters. The number of benzene rings is 2. The molecule has 1 unspecified atom stereocenters. The summed E-state index contributed by atoms with van der Waals surface area (Å²) in [4.78, 5) is 12.1. The van der Waals surface area contributed by atoms with E-state index in [1.807, 2.05) is 6.07 Å². The molecule has 130 valence electrons. The highest BCUT2D eigenvalue weighted by atomic mass is 35.5. The molecule has 0 spiro atoms. The minimum atomic E-state index is -3.62. The van der Waals surface area contributed by atoms with E-state index in [9.17, 15) is 13.2 Å². The van der Waals surface area contributed by atoms with Crippen LogP contribution in [-0.4, -0.2) is 20.1 Å². The van der Waals surface area contributed by atoms with Gasteiger partial charge < -0.3 is 5.32 Å². The van der Waals surface area contributed by atoms with E-state index in [0.717, 1.165) is 5.56 Å². The minimum absolute atomic E-state index is 0.257. The lowest BCUT2D eigenvalue weighted by Crippen LogP contribution is -2.32. The fraction of sp³-hybridized carbons (Fsp3) is 0.222. The number of nitrogens with one attached hydrogen (secondary N) is 1. The van der Waals surface area contributed by atoms with Crippen molar-refractivity contribution in [2.45, 2.75) is 18.7 Å². The summed E-state index contributed by atoms with van der Waals surface area (Å²) in [5.41, 5.74) is 1.71. The number of nitriles is 1. The number of amides is 1. The largest absolute Gasteiger partial charge is 0.349 e. The summed E-state index contributed by atoms with van der Waals surface area (Å²) >= 11 is 6.08. The first-order valence-corrected chi connectivity index (χ1v) is 9.74. The van der Waals surface area contributed by atoms with Crippen molar-refractivity contribution in [1.29, 1.82) is 5.26 Å². The van der Waals surface area contributed by atoms with Crippen LogP contribution in [0.5, 0.6) is 0 Å². The van der Waals surface area contributed by atoms with Crippen molar-refractivity contribution in [2.24, 2.45) is 0 Å². The SMILES string of the molecule is CC(NC(=O)CS(=O)(=O)Cc1ccc(C#N)cc1)c1ccccc1Cl. The van der Waals surface area contributed by atoms with Gasteiger partial charge in [-0.15, -0.1) is 0 Å². The van der Waals surface area contributed by atoms with Gasteiger partial charge in [0.15, 0.2) is 9.84 Å². The van der Waals surface area contributed by atoms with Crippen LogP contribution in [0.2, 0.25) is 5.02 Å². The Morgan fingerprint density at radius 2 is 1.84 bits per heavy atom. The Bertz CT molecular complexity index is 903. The molecule has 0 aliphatic heterocycles. The van der Waals surface area contributed by atoms with Crippen LogP contribution in [0.25, 0.3) is 0 Å². The molecule has 2 rings (SSSR count). The first-order valence-electron chi connectivity index (χ1n) is 7.54. The van der Waals surface area contributed by atoms with Crippen LogP contribution < -0.4 is 5.32 Å². The molecule has 0 radical (unpaired) electrons. The molecule has 7 heteroatoms. The van der Waals surface area contributed by atoms with Gasteiger partial charge in [-0.2, -0.15) is 5.26 Å². The van der Waals surface area contributed by atoms with Crippen molar-refractivity contribution < 1.29 is 13.2 Å². The van der Waals surface area contributed by atoms with Gasteiger partial charge in [0.05, 0.1) is 23.4 Å². The summed E-state index contributed by atoms with van der Waals surface area (Å²) in [6.45, 7) is 1.74. The van der Waals surface area contributed by atoms with Gasteiger partial charge in [-0.1, -0.05) is 41.9 Å². The van der Waals surface area contributed by atoms with Crippen molar-refractivity contribution in [3.8, 4) is 6.07 Å². The molecule has 0 aromatic heterocycles. The zero-order valence-corrected chi connectivity index (χ0v) is 15.1. The maximum atomic E-state index is 12.2. The number of rotatable bonds is 6. The lowest BCUT2D eigenvalue weighted by Gasteiger charge is -2.15. The molecule has 5 nitrogen and oxygen atoms in total. The molecule has 2 aromatic carbocycles. The Morgan fingerprint density at radius 1 is 1.20 bits per heavy atom. The second-order valence-electron chi connectivity index (χ2n) is 5.65. The summed E-state index contributed by atoms with van der Waals surface area (Å²) < 4.78 is 24.4. The molecule has 0 aliphatic rings. The van der Waals surface area contributed by atoms with E-state index in [-0.39, 0.29) is 5.75 Å². The molecule has 1 N–H and O–H groups in total. The van der Waals surface area contributed by atoms with Gasteiger partial charge in [0.2, 0.25) is 5.91 Å². The highest BCUT2D eigenvalue weighted by molar-refractivity contribution is 7.91. The quantitative estimate of drug-likeness (QED) is 0.839. The van der Waals surface area contributed by atoms with Crippen molar-refractivity contribution in [2.75, 3.05) is 5.75 Å². The summed E-state index contributed by atoms with van der Waals surface area (Å²) in [6, 6.07) is 14.9. The molecule has 0 heterocycles. The monoisotopic (exact) mass is 376 g/mol. The molecule has 0 bridgehead atoms. The highest BCUT2D eigenvalue weighted by Gasteiger charge is 2.20. The zero-order valence-electron chi connectivity index (χ0n) is 13.6. The molecule has 0 fully saturated rings. The number of sulfone groups is 1. The fourth-order valence-corrected chi connectivity index (χ4v) is 3.95. The van der Waals surface area contributed by atoms with E-state index >= 15 is 0 Å². The van der Waals surface area contributed by atoms with Crippen molar-refractivity contribution in [3.05, 3.63) is 70.2 Å². The van der Waals surface area contributed by atoms with E-state index in [1.165, 1.54) is 0 Å². The van der Waals surface area contributed by atoms with Gasteiger partial charge in [-0.3, -0.25) is 4.79 Å². The number of nitrogens with zero attached hydrogens (tertiary/aromatic N) is 1. The van der Waals surface area contributed by atoms with Gasteiger partial charge in [-0.25, -0.2) is 8.42 Å². The van der Waals surface area contributed by atoms with E-state index in [2.05, 4.69) is 5.32 Å². The first kappa shape index (κ1) is 19.0. The Morgan fingerprint density at radius 3 is 2.44 bits per heavy atom. The molecule has 2 aromatic rings. The van der Waals surface area contributed by atoms with Gasteiger partial charge in [0, 0.05) is 5.02 Å². The predicted molar refractivity (Wildman–Crippen MR) is 96.7 cm³/mol. The molecule has 25 heavy (non-hydrogen) atoms. The van der Waals surface area contributed by atoms with Crippen LogP contribution in [0.1, 0.15) is 29.7 Å². The highest BCUT2D eigenvalue weighted by Crippen LogP contribution is 2.22. The molecular weight excluding hydrogens is 360 g/mol. The maximum Gasteiger partial charge on any atom is 0.235 e. The van der Waals surface area contributed by atoms with Crippen molar-refractivity contribution >= 4 is 27.3 Å². The van der Waals surface area contributed by atoms with Crippen LogP contribution >= 0.6 is 11.6 Å². The van der Waals surface area contributed by atoms with Crippen molar-refractivity contribution in [1.82, 2.24) is 5.32 Å². The third kappa shape index (κ3) is 5.59. The third-order valence-corrected chi connectivity index (χ3v) is 5.39. The molecule has 0 saturated heterocycles. The topological polar surface area (TPSA) is 87.0 Å². The number of hydrogen-bond acceptors (Lipinski definition) is 4. The van der Waals surface area contributed by atoms with E-state index in [4.69, 9.17) is 16.9 Å². The lowest BCUT2D eigenvalue weighted by molar-refractivity contribution is -0.119. The van der Waals surface area contributed by atoms with Crippen LogP contribution in [0.15, 0.2) is 48.5 Å². The van der Waals surface area contributed by atoms with Gasteiger partial charge >= 0.3 is 0 Å². The number of hydrogen-bond donors (Lipinski definition) is 1. The van der Waals surface area contributed by atoms with Crippen LogP contribution in [-0.2, 0) is 20.4 Å². The lowest BCUT2D eigenvalue weighted by atomic mass is 10.1. The van der Waals surface area contributed by atoms with E-state index in [1.54, 1.807) is 55.5 Å². The summed E-state index contributed by atoms with van der Waals surface area (Å²) in [5, 5.41) is 11.9. The van der Waals surface area contributed by atoms with Crippen LogP contribution in [0, 0.1) is 11.3 Å². The summed E-state index contributed by atoms with van der Waals surface area (Å²) in [6.07, 6.45) is 0. The minimum Gasteiger partial charge on any atom is -0.349 e. The molecule has 0 saturated carbocycles. The first-order chi connectivity index (χ1) is 11.8. The van der Waals surface area contributed by atoms with Crippen LogP contribution in [0.3, 0.4) is 0 Å². The normalized spacial score (nSPS) is 12.2. The second-order valence-corrected chi connectivity index (χ2v) is 8.12. The summed E-state index contributed by atoms with van der Waals surface area (Å²) in [7, 11) is -3.62. The average molecular weight is 377 g/mol. The molecule has 0 aliphatic carbocycles. The Balaban J connectivity index is 1.98.